The SMILES string of the molecule is CC(CO)CNC(=O)C1CNCCO1. The molecule has 1 amide bonds. The molecule has 0 saturated carbocycles. The summed E-state index contributed by atoms with van der Waals surface area (Å²) in [5.41, 5.74) is 0. The molecule has 1 heterocycles. The van der Waals surface area contributed by atoms with Crippen LogP contribution in [0.25, 0.3) is 0 Å². The number of morpholine rings is 1. The smallest absolute Gasteiger partial charge is 0.250 e. The lowest BCUT2D eigenvalue weighted by Gasteiger charge is -2.23. The molecule has 0 aliphatic carbocycles. The first kappa shape index (κ1) is 11.4. The molecular formula is C9H18N2O3. The van der Waals surface area contributed by atoms with Crippen molar-refractivity contribution < 1.29 is 14.6 Å². The summed E-state index contributed by atoms with van der Waals surface area (Å²) in [7, 11) is 0. The second kappa shape index (κ2) is 5.95. The predicted molar refractivity (Wildman–Crippen MR) is 51.9 cm³/mol. The summed E-state index contributed by atoms with van der Waals surface area (Å²) in [5, 5.41) is 14.6. The van der Waals surface area contributed by atoms with Crippen molar-refractivity contribution in [3.05, 3.63) is 0 Å². The van der Waals surface area contributed by atoms with Crippen LogP contribution < -0.4 is 10.6 Å². The van der Waals surface area contributed by atoms with Crippen molar-refractivity contribution in [2.75, 3.05) is 32.8 Å². The standard InChI is InChI=1S/C9H18N2O3/c1-7(6-12)4-11-9(13)8-5-10-2-3-14-8/h7-8,10,12H,2-6H2,1H3,(H,11,13). The van der Waals surface area contributed by atoms with Crippen LogP contribution in [0, 0.1) is 5.92 Å². The minimum atomic E-state index is -0.380. The molecule has 0 aromatic rings. The molecule has 0 aromatic heterocycles. The molecule has 1 aliphatic rings. The summed E-state index contributed by atoms with van der Waals surface area (Å²) >= 11 is 0. The van der Waals surface area contributed by atoms with E-state index < -0.39 is 0 Å². The van der Waals surface area contributed by atoms with E-state index in [0.29, 0.717) is 19.7 Å². The van der Waals surface area contributed by atoms with Crippen molar-refractivity contribution in [2.45, 2.75) is 13.0 Å². The van der Waals surface area contributed by atoms with Crippen LogP contribution in [0.5, 0.6) is 0 Å². The molecule has 1 rings (SSSR count). The second-order valence-electron chi connectivity index (χ2n) is 3.60. The molecule has 0 aromatic carbocycles. The molecule has 14 heavy (non-hydrogen) atoms. The van der Waals surface area contributed by atoms with E-state index in [2.05, 4.69) is 10.6 Å². The largest absolute Gasteiger partial charge is 0.396 e. The Kier molecular flexibility index (Phi) is 4.86. The minimum Gasteiger partial charge on any atom is -0.396 e. The van der Waals surface area contributed by atoms with Crippen LogP contribution in [0.4, 0.5) is 0 Å². The Morgan fingerprint density at radius 2 is 2.57 bits per heavy atom. The predicted octanol–water partition coefficient (Wildman–Crippen LogP) is -1.28. The first-order valence-electron chi connectivity index (χ1n) is 4.95. The van der Waals surface area contributed by atoms with Crippen molar-refractivity contribution in [1.29, 1.82) is 0 Å². The molecule has 5 heteroatoms. The molecule has 0 bridgehead atoms. The number of nitrogens with one attached hydrogen (secondary N) is 2. The normalized spacial score (nSPS) is 24.3. The van der Waals surface area contributed by atoms with Crippen molar-refractivity contribution >= 4 is 5.91 Å². The first-order valence-corrected chi connectivity index (χ1v) is 4.95. The fourth-order valence-corrected chi connectivity index (χ4v) is 1.19. The maximum absolute atomic E-state index is 11.5. The van der Waals surface area contributed by atoms with Gasteiger partial charge in [0.1, 0.15) is 6.10 Å². The maximum Gasteiger partial charge on any atom is 0.250 e. The molecule has 5 nitrogen and oxygen atoms in total. The zero-order valence-corrected chi connectivity index (χ0v) is 8.45. The van der Waals surface area contributed by atoms with Gasteiger partial charge < -0.3 is 20.5 Å². The molecular weight excluding hydrogens is 184 g/mol. The molecule has 82 valence electrons. The Labute approximate surface area is 83.8 Å². The number of hydrogen-bond donors (Lipinski definition) is 3. The molecule has 2 atom stereocenters. The van der Waals surface area contributed by atoms with Gasteiger partial charge in [0.05, 0.1) is 6.61 Å². The average Bonchev–Trinajstić information content (AvgIpc) is 2.26. The summed E-state index contributed by atoms with van der Waals surface area (Å²) < 4.78 is 5.27. The fraction of sp³-hybridized carbons (Fsp3) is 0.889. The lowest BCUT2D eigenvalue weighted by molar-refractivity contribution is -0.134. The molecule has 1 aliphatic heterocycles. The van der Waals surface area contributed by atoms with Crippen LogP contribution in [0.15, 0.2) is 0 Å². The van der Waals surface area contributed by atoms with Gasteiger partial charge in [0.15, 0.2) is 0 Å². The molecule has 2 unspecified atom stereocenters. The van der Waals surface area contributed by atoms with Crippen LogP contribution in [0.2, 0.25) is 0 Å². The summed E-state index contributed by atoms with van der Waals surface area (Å²) in [6, 6.07) is 0. The van der Waals surface area contributed by atoms with Gasteiger partial charge in [0.2, 0.25) is 5.91 Å². The minimum absolute atomic E-state index is 0.0874. The highest BCUT2D eigenvalue weighted by atomic mass is 16.5. The van der Waals surface area contributed by atoms with Gasteiger partial charge in [-0.15, -0.1) is 0 Å². The molecule has 0 radical (unpaired) electrons. The third-order valence-electron chi connectivity index (χ3n) is 2.16. The number of carbonyl (C=O) groups is 1. The lowest BCUT2D eigenvalue weighted by atomic mass is 10.2. The Balaban J connectivity index is 2.19. The molecule has 1 fully saturated rings. The number of ether oxygens (including phenoxy) is 1. The zero-order chi connectivity index (χ0) is 10.4. The van der Waals surface area contributed by atoms with Crippen LogP contribution in [-0.2, 0) is 9.53 Å². The number of carbonyl (C=O) groups excluding carboxylic acids is 1. The van der Waals surface area contributed by atoms with Gasteiger partial charge in [-0.2, -0.15) is 0 Å². The van der Waals surface area contributed by atoms with E-state index >= 15 is 0 Å². The first-order chi connectivity index (χ1) is 6.74. The van der Waals surface area contributed by atoms with Gasteiger partial charge in [-0.05, 0) is 5.92 Å². The summed E-state index contributed by atoms with van der Waals surface area (Å²) in [6.45, 7) is 4.41. The van der Waals surface area contributed by atoms with Gasteiger partial charge in [-0.25, -0.2) is 0 Å². The number of aliphatic hydroxyl groups is 1. The number of hydrogen-bond acceptors (Lipinski definition) is 4. The van der Waals surface area contributed by atoms with Crippen LogP contribution in [0.3, 0.4) is 0 Å². The van der Waals surface area contributed by atoms with E-state index in [9.17, 15) is 4.79 Å². The highest BCUT2D eigenvalue weighted by Crippen LogP contribution is 1.96. The van der Waals surface area contributed by atoms with E-state index in [1.807, 2.05) is 6.92 Å². The number of aliphatic hydroxyl groups excluding tert-OH is 1. The summed E-state index contributed by atoms with van der Waals surface area (Å²) in [6.07, 6.45) is -0.380. The number of rotatable bonds is 4. The van der Waals surface area contributed by atoms with Gasteiger partial charge in [-0.1, -0.05) is 6.92 Å². The van der Waals surface area contributed by atoms with Gasteiger partial charge in [-0.3, -0.25) is 4.79 Å². The van der Waals surface area contributed by atoms with E-state index in [-0.39, 0.29) is 24.5 Å². The van der Waals surface area contributed by atoms with Crippen LogP contribution in [-0.4, -0.2) is 50.0 Å². The highest BCUT2D eigenvalue weighted by Gasteiger charge is 2.21. The Bertz CT molecular complexity index is 181. The fourth-order valence-electron chi connectivity index (χ4n) is 1.19. The summed E-state index contributed by atoms with van der Waals surface area (Å²) in [5.74, 6) is -0.00648. The van der Waals surface area contributed by atoms with Gasteiger partial charge in [0.25, 0.3) is 0 Å². The highest BCUT2D eigenvalue weighted by molar-refractivity contribution is 5.81. The van der Waals surface area contributed by atoms with Crippen molar-refractivity contribution in [2.24, 2.45) is 5.92 Å². The molecule has 3 N–H and O–H groups in total. The zero-order valence-electron chi connectivity index (χ0n) is 8.45. The number of amides is 1. The van der Waals surface area contributed by atoms with Gasteiger partial charge >= 0.3 is 0 Å². The Morgan fingerprint density at radius 3 is 3.14 bits per heavy atom. The van der Waals surface area contributed by atoms with E-state index in [4.69, 9.17) is 9.84 Å². The Hall–Kier alpha value is -0.650. The quantitative estimate of drug-likeness (QED) is 0.531. The van der Waals surface area contributed by atoms with Crippen molar-refractivity contribution in [1.82, 2.24) is 10.6 Å². The maximum atomic E-state index is 11.5. The summed E-state index contributed by atoms with van der Waals surface area (Å²) in [4.78, 5) is 11.5. The van der Waals surface area contributed by atoms with Crippen molar-refractivity contribution in [3.8, 4) is 0 Å². The lowest BCUT2D eigenvalue weighted by Crippen LogP contribution is -2.48. The van der Waals surface area contributed by atoms with Crippen LogP contribution in [0.1, 0.15) is 6.92 Å². The van der Waals surface area contributed by atoms with Crippen LogP contribution >= 0.6 is 0 Å². The van der Waals surface area contributed by atoms with E-state index in [0.717, 1.165) is 6.54 Å². The molecule has 0 spiro atoms. The Morgan fingerprint density at radius 1 is 1.79 bits per heavy atom. The van der Waals surface area contributed by atoms with Gasteiger partial charge in [0, 0.05) is 26.2 Å². The molecule has 1 saturated heterocycles. The second-order valence-corrected chi connectivity index (χ2v) is 3.60. The third kappa shape index (κ3) is 3.61. The van der Waals surface area contributed by atoms with Crippen molar-refractivity contribution in [3.63, 3.8) is 0 Å². The average molecular weight is 202 g/mol. The monoisotopic (exact) mass is 202 g/mol. The van der Waals surface area contributed by atoms with E-state index in [1.54, 1.807) is 0 Å². The topological polar surface area (TPSA) is 70.6 Å². The third-order valence-corrected chi connectivity index (χ3v) is 2.16. The van der Waals surface area contributed by atoms with E-state index in [1.165, 1.54) is 0 Å².